The molecule has 0 atom stereocenters. The van der Waals surface area contributed by atoms with Gasteiger partial charge in [0.2, 0.25) is 0 Å². The van der Waals surface area contributed by atoms with E-state index in [0.717, 1.165) is 39.0 Å². The van der Waals surface area contributed by atoms with Gasteiger partial charge in [-0.2, -0.15) is 0 Å². The number of halogens is 2. The Labute approximate surface area is 130 Å². The zero-order valence-corrected chi connectivity index (χ0v) is 13.8. The zero-order chi connectivity index (χ0) is 13.7. The minimum absolute atomic E-state index is 0.951. The SMILES string of the molecule is CCCNc1cncc(Nc2ccc(Br)cc2Br)c1. The third kappa shape index (κ3) is 4.21. The van der Waals surface area contributed by atoms with Gasteiger partial charge >= 0.3 is 0 Å². The Kier molecular flexibility index (Phi) is 5.22. The number of nitrogens with one attached hydrogen (secondary N) is 2. The highest BCUT2D eigenvalue weighted by atomic mass is 79.9. The predicted molar refractivity (Wildman–Crippen MR) is 88.1 cm³/mol. The van der Waals surface area contributed by atoms with Crippen LogP contribution in [0.1, 0.15) is 13.3 Å². The summed E-state index contributed by atoms with van der Waals surface area (Å²) in [5.41, 5.74) is 3.00. The molecule has 1 aromatic carbocycles. The fraction of sp³-hybridized carbons (Fsp3) is 0.214. The topological polar surface area (TPSA) is 37.0 Å². The lowest BCUT2D eigenvalue weighted by atomic mass is 10.3. The van der Waals surface area contributed by atoms with Gasteiger partial charge in [0, 0.05) is 15.5 Å². The fourth-order valence-corrected chi connectivity index (χ4v) is 2.77. The maximum atomic E-state index is 4.23. The molecule has 2 rings (SSSR count). The molecule has 2 N–H and O–H groups in total. The summed E-state index contributed by atoms with van der Waals surface area (Å²) >= 11 is 6.98. The van der Waals surface area contributed by atoms with Gasteiger partial charge in [-0.15, -0.1) is 0 Å². The molecule has 3 nitrogen and oxygen atoms in total. The summed E-state index contributed by atoms with van der Waals surface area (Å²) in [6.45, 7) is 3.09. The standard InChI is InChI=1S/C14H15Br2N3/c1-2-5-18-11-7-12(9-17-8-11)19-14-4-3-10(15)6-13(14)16/h3-4,6-9,18-19H,2,5H2,1H3. The molecule has 0 saturated heterocycles. The highest BCUT2D eigenvalue weighted by molar-refractivity contribution is 9.11. The molecule has 2 aromatic rings. The van der Waals surface area contributed by atoms with E-state index in [9.17, 15) is 0 Å². The Hall–Kier alpha value is -1.07. The van der Waals surface area contributed by atoms with Crippen LogP contribution in [0.3, 0.4) is 0 Å². The number of anilines is 3. The van der Waals surface area contributed by atoms with Gasteiger partial charge in [0.15, 0.2) is 0 Å². The fourth-order valence-electron chi connectivity index (χ4n) is 1.62. The monoisotopic (exact) mass is 383 g/mol. The second kappa shape index (κ2) is 6.91. The summed E-state index contributed by atoms with van der Waals surface area (Å²) in [6.07, 6.45) is 4.74. The van der Waals surface area contributed by atoms with Crippen LogP contribution < -0.4 is 10.6 Å². The van der Waals surface area contributed by atoms with Crippen molar-refractivity contribution in [3.63, 3.8) is 0 Å². The molecule has 0 spiro atoms. The molecule has 0 fully saturated rings. The van der Waals surface area contributed by atoms with Crippen LogP contribution in [0.2, 0.25) is 0 Å². The first-order valence-electron chi connectivity index (χ1n) is 6.10. The molecule has 1 aromatic heterocycles. The van der Waals surface area contributed by atoms with Crippen LogP contribution in [-0.2, 0) is 0 Å². The van der Waals surface area contributed by atoms with Gasteiger partial charge in [-0.25, -0.2) is 0 Å². The largest absolute Gasteiger partial charge is 0.384 e. The van der Waals surface area contributed by atoms with E-state index in [-0.39, 0.29) is 0 Å². The van der Waals surface area contributed by atoms with E-state index in [0.29, 0.717) is 0 Å². The van der Waals surface area contributed by atoms with Crippen molar-refractivity contribution in [2.75, 3.05) is 17.2 Å². The second-order valence-electron chi connectivity index (χ2n) is 4.14. The Bertz CT molecular complexity index is 558. The number of pyridine rings is 1. The second-order valence-corrected chi connectivity index (χ2v) is 5.91. The molecule has 0 bridgehead atoms. The predicted octanol–water partition coefficient (Wildman–Crippen LogP) is 5.17. The molecule has 1 heterocycles. The average Bonchev–Trinajstić information content (AvgIpc) is 2.40. The van der Waals surface area contributed by atoms with E-state index in [4.69, 9.17) is 0 Å². The van der Waals surface area contributed by atoms with Crippen molar-refractivity contribution in [2.45, 2.75) is 13.3 Å². The van der Waals surface area contributed by atoms with E-state index in [1.807, 2.05) is 30.6 Å². The van der Waals surface area contributed by atoms with Crippen LogP contribution in [-0.4, -0.2) is 11.5 Å². The molecule has 100 valence electrons. The molecule has 0 aliphatic rings. The highest BCUT2D eigenvalue weighted by Crippen LogP contribution is 2.29. The number of nitrogens with zero attached hydrogens (tertiary/aromatic N) is 1. The normalized spacial score (nSPS) is 10.3. The Morgan fingerprint density at radius 1 is 1.11 bits per heavy atom. The lowest BCUT2D eigenvalue weighted by molar-refractivity contribution is 0.978. The number of hydrogen-bond acceptors (Lipinski definition) is 3. The average molecular weight is 385 g/mol. The first kappa shape index (κ1) is 14.3. The summed E-state index contributed by atoms with van der Waals surface area (Å²) in [7, 11) is 0. The quantitative estimate of drug-likeness (QED) is 0.746. The van der Waals surface area contributed by atoms with E-state index < -0.39 is 0 Å². The van der Waals surface area contributed by atoms with Crippen LogP contribution in [0.25, 0.3) is 0 Å². The van der Waals surface area contributed by atoms with E-state index in [1.54, 1.807) is 0 Å². The summed E-state index contributed by atoms with van der Waals surface area (Å²) in [4.78, 5) is 4.23. The maximum Gasteiger partial charge on any atom is 0.0591 e. The van der Waals surface area contributed by atoms with Crippen molar-refractivity contribution in [1.29, 1.82) is 0 Å². The number of benzene rings is 1. The number of aromatic nitrogens is 1. The summed E-state index contributed by atoms with van der Waals surface area (Å²) < 4.78 is 2.05. The van der Waals surface area contributed by atoms with Crippen molar-refractivity contribution in [3.8, 4) is 0 Å². The zero-order valence-electron chi connectivity index (χ0n) is 10.6. The van der Waals surface area contributed by atoms with Gasteiger partial charge in [0.25, 0.3) is 0 Å². The number of rotatable bonds is 5. The molecule has 0 aliphatic heterocycles. The molecule has 0 aliphatic carbocycles. The first-order chi connectivity index (χ1) is 9.19. The van der Waals surface area contributed by atoms with Crippen molar-refractivity contribution >= 4 is 48.9 Å². The molecule has 0 radical (unpaired) electrons. The van der Waals surface area contributed by atoms with Gasteiger partial charge in [-0.05, 0) is 46.6 Å². The summed E-state index contributed by atoms with van der Waals surface area (Å²) in [5.74, 6) is 0. The van der Waals surface area contributed by atoms with E-state index in [1.165, 1.54) is 0 Å². The Balaban J connectivity index is 2.14. The Morgan fingerprint density at radius 3 is 2.63 bits per heavy atom. The molecule has 19 heavy (non-hydrogen) atoms. The minimum Gasteiger partial charge on any atom is -0.384 e. The van der Waals surface area contributed by atoms with Gasteiger partial charge in [0.05, 0.1) is 29.5 Å². The van der Waals surface area contributed by atoms with Crippen LogP contribution in [0.5, 0.6) is 0 Å². The molecule has 0 unspecified atom stereocenters. The van der Waals surface area contributed by atoms with E-state index in [2.05, 4.69) is 60.5 Å². The number of hydrogen-bond donors (Lipinski definition) is 2. The van der Waals surface area contributed by atoms with Crippen LogP contribution in [0, 0.1) is 0 Å². The molecule has 0 saturated carbocycles. The molecule has 5 heteroatoms. The smallest absolute Gasteiger partial charge is 0.0591 e. The van der Waals surface area contributed by atoms with Crippen molar-refractivity contribution < 1.29 is 0 Å². The van der Waals surface area contributed by atoms with Crippen molar-refractivity contribution in [2.24, 2.45) is 0 Å². The van der Waals surface area contributed by atoms with Gasteiger partial charge in [0.1, 0.15) is 0 Å². The Morgan fingerprint density at radius 2 is 1.89 bits per heavy atom. The van der Waals surface area contributed by atoms with Gasteiger partial charge in [-0.1, -0.05) is 22.9 Å². The van der Waals surface area contributed by atoms with Crippen molar-refractivity contribution in [3.05, 3.63) is 45.6 Å². The van der Waals surface area contributed by atoms with Gasteiger partial charge < -0.3 is 10.6 Å². The van der Waals surface area contributed by atoms with Gasteiger partial charge in [-0.3, -0.25) is 4.98 Å². The molecular weight excluding hydrogens is 370 g/mol. The first-order valence-corrected chi connectivity index (χ1v) is 7.68. The highest BCUT2D eigenvalue weighted by Gasteiger charge is 2.02. The van der Waals surface area contributed by atoms with E-state index >= 15 is 0 Å². The third-order valence-electron chi connectivity index (χ3n) is 2.53. The molecular formula is C14H15Br2N3. The third-order valence-corrected chi connectivity index (χ3v) is 3.68. The lowest BCUT2D eigenvalue weighted by Crippen LogP contribution is -2.01. The lowest BCUT2D eigenvalue weighted by Gasteiger charge is -2.10. The van der Waals surface area contributed by atoms with Crippen LogP contribution in [0.15, 0.2) is 45.6 Å². The molecule has 0 amide bonds. The van der Waals surface area contributed by atoms with Crippen molar-refractivity contribution in [1.82, 2.24) is 4.98 Å². The summed E-state index contributed by atoms with van der Waals surface area (Å²) in [6, 6.07) is 8.08. The minimum atomic E-state index is 0.951. The van der Waals surface area contributed by atoms with Crippen LogP contribution >= 0.6 is 31.9 Å². The summed E-state index contributed by atoms with van der Waals surface area (Å²) in [5, 5.41) is 6.67. The van der Waals surface area contributed by atoms with Crippen LogP contribution in [0.4, 0.5) is 17.1 Å². The maximum absolute atomic E-state index is 4.23.